The van der Waals surface area contributed by atoms with Gasteiger partial charge in [-0.1, -0.05) is 6.07 Å². The second-order valence-electron chi connectivity index (χ2n) is 4.90. The molecule has 0 fully saturated rings. The Kier molecular flexibility index (Phi) is 6.33. The van der Waals surface area contributed by atoms with Gasteiger partial charge in [0.25, 0.3) is 5.91 Å². The molecule has 7 heteroatoms. The second kappa shape index (κ2) is 8.68. The molecule has 0 unspecified atom stereocenters. The molecule has 2 aromatic rings. The zero-order chi connectivity index (χ0) is 18.2. The number of benzene rings is 2. The molecule has 7 nitrogen and oxygen atoms in total. The molecule has 0 saturated carbocycles. The number of methoxy groups -OCH3 is 4. The van der Waals surface area contributed by atoms with Crippen LogP contribution in [0, 0.1) is 0 Å². The largest absolute Gasteiger partial charge is 0.493 e. The van der Waals surface area contributed by atoms with Crippen molar-refractivity contribution in [1.82, 2.24) is 0 Å². The third-order valence-corrected chi connectivity index (χ3v) is 3.40. The molecule has 0 aliphatic rings. The van der Waals surface area contributed by atoms with E-state index in [4.69, 9.17) is 23.7 Å². The van der Waals surface area contributed by atoms with Crippen LogP contribution in [0.2, 0.25) is 0 Å². The van der Waals surface area contributed by atoms with Crippen molar-refractivity contribution >= 4 is 11.6 Å². The molecule has 0 bridgehead atoms. The summed E-state index contributed by atoms with van der Waals surface area (Å²) in [6, 6.07) is 10.3. The number of carbonyl (C=O) groups excluding carboxylic acids is 1. The van der Waals surface area contributed by atoms with Gasteiger partial charge in [0.15, 0.2) is 29.6 Å². The van der Waals surface area contributed by atoms with Crippen LogP contribution >= 0.6 is 0 Å². The summed E-state index contributed by atoms with van der Waals surface area (Å²) in [5.74, 6) is 2.11. The van der Waals surface area contributed by atoms with E-state index in [1.165, 1.54) is 21.3 Å². The first-order valence-corrected chi connectivity index (χ1v) is 7.48. The molecule has 0 spiro atoms. The molecule has 2 aromatic carbocycles. The van der Waals surface area contributed by atoms with Crippen molar-refractivity contribution in [3.05, 3.63) is 36.4 Å². The van der Waals surface area contributed by atoms with E-state index in [1.807, 2.05) is 0 Å². The number of nitrogens with one attached hydrogen (secondary N) is 1. The lowest BCUT2D eigenvalue weighted by Crippen LogP contribution is -2.20. The van der Waals surface area contributed by atoms with Crippen molar-refractivity contribution in [2.75, 3.05) is 40.4 Å². The predicted molar refractivity (Wildman–Crippen MR) is 93.2 cm³/mol. The molecule has 0 aliphatic heterocycles. The molecular weight excluding hydrogens is 326 g/mol. The standard InChI is InChI=1S/C18H21NO6/c1-21-13-9-8-12(10-16(13)24-4)19-17(20)11-25-18-14(22-2)6-5-7-15(18)23-3/h5-10H,11H2,1-4H3,(H,19,20). The van der Waals surface area contributed by atoms with E-state index in [1.54, 1.807) is 43.5 Å². The molecule has 2 rings (SSSR count). The van der Waals surface area contributed by atoms with E-state index in [0.717, 1.165) is 0 Å². The highest BCUT2D eigenvalue weighted by Crippen LogP contribution is 2.36. The normalized spacial score (nSPS) is 9.92. The fourth-order valence-corrected chi connectivity index (χ4v) is 2.21. The van der Waals surface area contributed by atoms with E-state index in [-0.39, 0.29) is 12.5 Å². The molecule has 0 heterocycles. The minimum atomic E-state index is -0.333. The smallest absolute Gasteiger partial charge is 0.262 e. The number of carbonyl (C=O) groups is 1. The van der Waals surface area contributed by atoms with Gasteiger partial charge in [0.1, 0.15) is 0 Å². The van der Waals surface area contributed by atoms with Crippen molar-refractivity contribution in [2.45, 2.75) is 0 Å². The SMILES string of the molecule is COc1ccc(NC(=O)COc2c(OC)cccc2OC)cc1OC. The van der Waals surface area contributed by atoms with Gasteiger partial charge in [-0.3, -0.25) is 4.79 Å². The highest BCUT2D eigenvalue weighted by atomic mass is 16.5. The van der Waals surface area contributed by atoms with Crippen molar-refractivity contribution < 1.29 is 28.5 Å². The van der Waals surface area contributed by atoms with Crippen LogP contribution in [0.15, 0.2) is 36.4 Å². The van der Waals surface area contributed by atoms with Gasteiger partial charge < -0.3 is 29.0 Å². The number of amides is 1. The molecule has 0 aromatic heterocycles. The van der Waals surface area contributed by atoms with Gasteiger partial charge in [-0.15, -0.1) is 0 Å². The lowest BCUT2D eigenvalue weighted by molar-refractivity contribution is -0.118. The van der Waals surface area contributed by atoms with Gasteiger partial charge in [-0.25, -0.2) is 0 Å². The van der Waals surface area contributed by atoms with Crippen molar-refractivity contribution in [1.29, 1.82) is 0 Å². The Morgan fingerprint density at radius 1 is 0.840 bits per heavy atom. The quantitative estimate of drug-likeness (QED) is 0.791. The summed E-state index contributed by atoms with van der Waals surface area (Å²) in [7, 11) is 6.11. The van der Waals surface area contributed by atoms with E-state index in [9.17, 15) is 4.79 Å². The Hall–Kier alpha value is -3.09. The van der Waals surface area contributed by atoms with Crippen LogP contribution in [0.4, 0.5) is 5.69 Å². The van der Waals surface area contributed by atoms with E-state index < -0.39 is 0 Å². The van der Waals surface area contributed by atoms with E-state index in [0.29, 0.717) is 34.4 Å². The van der Waals surface area contributed by atoms with Crippen molar-refractivity contribution in [2.24, 2.45) is 0 Å². The van der Waals surface area contributed by atoms with Crippen molar-refractivity contribution in [3.63, 3.8) is 0 Å². The number of para-hydroxylation sites is 1. The number of hydrogen-bond donors (Lipinski definition) is 1. The van der Waals surface area contributed by atoms with E-state index >= 15 is 0 Å². The summed E-state index contributed by atoms with van der Waals surface area (Å²) in [4.78, 5) is 12.1. The molecule has 0 radical (unpaired) electrons. The summed E-state index contributed by atoms with van der Waals surface area (Å²) in [6.07, 6.45) is 0. The van der Waals surface area contributed by atoms with E-state index in [2.05, 4.69) is 5.32 Å². The zero-order valence-corrected chi connectivity index (χ0v) is 14.6. The molecular formula is C18H21NO6. The third kappa shape index (κ3) is 4.47. The van der Waals surface area contributed by atoms with Crippen LogP contribution in [-0.2, 0) is 4.79 Å². The maximum atomic E-state index is 12.1. The summed E-state index contributed by atoms with van der Waals surface area (Å²) >= 11 is 0. The van der Waals surface area contributed by atoms with Crippen LogP contribution < -0.4 is 29.0 Å². The summed E-state index contributed by atoms with van der Waals surface area (Å²) in [6.45, 7) is -0.203. The Balaban J connectivity index is 2.04. The van der Waals surface area contributed by atoms with Crippen molar-refractivity contribution in [3.8, 4) is 28.7 Å². The van der Waals surface area contributed by atoms with Gasteiger partial charge in [0, 0.05) is 11.8 Å². The fraction of sp³-hybridized carbons (Fsp3) is 0.278. The topological polar surface area (TPSA) is 75.3 Å². The summed E-state index contributed by atoms with van der Waals surface area (Å²) < 4.78 is 26.4. The highest BCUT2D eigenvalue weighted by Gasteiger charge is 2.14. The zero-order valence-electron chi connectivity index (χ0n) is 14.6. The number of ether oxygens (including phenoxy) is 5. The van der Waals surface area contributed by atoms with Crippen LogP contribution in [0.1, 0.15) is 0 Å². The molecule has 0 aliphatic carbocycles. The lowest BCUT2D eigenvalue weighted by Gasteiger charge is -2.14. The Labute approximate surface area is 146 Å². The first-order chi connectivity index (χ1) is 12.1. The maximum Gasteiger partial charge on any atom is 0.262 e. The predicted octanol–water partition coefficient (Wildman–Crippen LogP) is 2.74. The Bertz CT molecular complexity index is 709. The third-order valence-electron chi connectivity index (χ3n) is 3.40. The number of rotatable bonds is 8. The van der Waals surface area contributed by atoms with Gasteiger partial charge in [0.2, 0.25) is 5.75 Å². The monoisotopic (exact) mass is 347 g/mol. The lowest BCUT2D eigenvalue weighted by atomic mass is 10.2. The maximum absolute atomic E-state index is 12.1. The minimum Gasteiger partial charge on any atom is -0.493 e. The average molecular weight is 347 g/mol. The Morgan fingerprint density at radius 2 is 1.44 bits per heavy atom. The first-order valence-electron chi connectivity index (χ1n) is 7.48. The molecule has 1 amide bonds. The minimum absolute atomic E-state index is 0.203. The number of anilines is 1. The second-order valence-corrected chi connectivity index (χ2v) is 4.90. The molecule has 0 atom stereocenters. The van der Waals surface area contributed by atoms with Gasteiger partial charge in [-0.05, 0) is 24.3 Å². The van der Waals surface area contributed by atoms with Crippen LogP contribution in [0.25, 0.3) is 0 Å². The molecule has 0 saturated heterocycles. The van der Waals surface area contributed by atoms with Gasteiger partial charge in [0.05, 0.1) is 28.4 Å². The van der Waals surface area contributed by atoms with Gasteiger partial charge >= 0.3 is 0 Å². The molecule has 25 heavy (non-hydrogen) atoms. The summed E-state index contributed by atoms with van der Waals surface area (Å²) in [5, 5.41) is 2.73. The fourth-order valence-electron chi connectivity index (χ4n) is 2.21. The highest BCUT2D eigenvalue weighted by molar-refractivity contribution is 5.92. The number of hydrogen-bond acceptors (Lipinski definition) is 6. The van der Waals surface area contributed by atoms with Gasteiger partial charge in [-0.2, -0.15) is 0 Å². The van der Waals surface area contributed by atoms with Crippen LogP contribution in [0.5, 0.6) is 28.7 Å². The Morgan fingerprint density at radius 3 is 2.00 bits per heavy atom. The van der Waals surface area contributed by atoms with Crippen LogP contribution in [0.3, 0.4) is 0 Å². The molecule has 1 N–H and O–H groups in total. The first kappa shape index (κ1) is 18.3. The average Bonchev–Trinajstić information content (AvgIpc) is 2.65. The molecule has 134 valence electrons. The summed E-state index contributed by atoms with van der Waals surface area (Å²) in [5.41, 5.74) is 0.568. The van der Waals surface area contributed by atoms with Crippen LogP contribution in [-0.4, -0.2) is 41.0 Å².